The van der Waals surface area contributed by atoms with Crippen LogP contribution in [0.1, 0.15) is 23.6 Å². The van der Waals surface area contributed by atoms with Crippen LogP contribution in [0.25, 0.3) is 0 Å². The molecule has 0 radical (unpaired) electrons. The zero-order valence-electron chi connectivity index (χ0n) is 16.0. The molecule has 0 aliphatic rings. The molecule has 0 fully saturated rings. The number of nitrogens with one attached hydrogen (secondary N) is 1. The lowest BCUT2D eigenvalue weighted by Gasteiger charge is -2.25. The number of carbonyl (C=O) groups is 1. The standard InChI is InChI=1S/C21H28N2O3/c1-23(2)20(17-8-12-19(26-4)13-9-17)15-22-21(24)14-7-16-5-10-18(25-3)11-6-16/h5-6,8-13,20H,7,14-15H2,1-4H3,(H,22,24). The van der Waals surface area contributed by atoms with Gasteiger partial charge in [0.05, 0.1) is 20.3 Å². The molecule has 0 bridgehead atoms. The van der Waals surface area contributed by atoms with Crippen LogP contribution in [0, 0.1) is 0 Å². The van der Waals surface area contributed by atoms with Crippen LogP contribution < -0.4 is 14.8 Å². The molecule has 26 heavy (non-hydrogen) atoms. The average Bonchev–Trinajstić information content (AvgIpc) is 2.67. The van der Waals surface area contributed by atoms with E-state index in [0.29, 0.717) is 19.4 Å². The van der Waals surface area contributed by atoms with Gasteiger partial charge in [0.25, 0.3) is 0 Å². The van der Waals surface area contributed by atoms with Crippen molar-refractivity contribution in [3.05, 3.63) is 59.7 Å². The highest BCUT2D eigenvalue weighted by Crippen LogP contribution is 2.20. The Morgan fingerprint density at radius 3 is 2.00 bits per heavy atom. The van der Waals surface area contributed by atoms with E-state index < -0.39 is 0 Å². The van der Waals surface area contributed by atoms with Crippen LogP contribution in [0.5, 0.6) is 11.5 Å². The number of methoxy groups -OCH3 is 2. The third-order valence-electron chi connectivity index (χ3n) is 4.42. The predicted molar refractivity (Wildman–Crippen MR) is 104 cm³/mol. The molecule has 1 atom stereocenters. The summed E-state index contributed by atoms with van der Waals surface area (Å²) in [6.07, 6.45) is 1.18. The van der Waals surface area contributed by atoms with E-state index in [4.69, 9.17) is 9.47 Å². The summed E-state index contributed by atoms with van der Waals surface area (Å²) >= 11 is 0. The summed E-state index contributed by atoms with van der Waals surface area (Å²) in [5.74, 6) is 1.71. The van der Waals surface area contributed by atoms with Crippen molar-refractivity contribution in [2.24, 2.45) is 0 Å². The molecule has 0 saturated heterocycles. The number of benzene rings is 2. The van der Waals surface area contributed by atoms with Crippen LogP contribution in [-0.4, -0.2) is 45.7 Å². The zero-order valence-corrected chi connectivity index (χ0v) is 16.0. The SMILES string of the molecule is COc1ccc(CCC(=O)NCC(c2ccc(OC)cc2)N(C)C)cc1. The second kappa shape index (κ2) is 9.82. The molecule has 2 rings (SSSR count). The van der Waals surface area contributed by atoms with Crippen molar-refractivity contribution in [2.75, 3.05) is 34.9 Å². The molecule has 0 aliphatic heterocycles. The third kappa shape index (κ3) is 5.77. The molecule has 1 unspecified atom stereocenters. The van der Waals surface area contributed by atoms with E-state index in [9.17, 15) is 4.79 Å². The van der Waals surface area contributed by atoms with Crippen molar-refractivity contribution >= 4 is 5.91 Å². The largest absolute Gasteiger partial charge is 0.497 e. The summed E-state index contributed by atoms with van der Waals surface area (Å²) in [7, 11) is 7.32. The molecule has 0 saturated carbocycles. The molecule has 0 aliphatic carbocycles. The maximum Gasteiger partial charge on any atom is 0.220 e. The monoisotopic (exact) mass is 356 g/mol. The van der Waals surface area contributed by atoms with Crippen LogP contribution in [0.4, 0.5) is 0 Å². The highest BCUT2D eigenvalue weighted by atomic mass is 16.5. The minimum atomic E-state index is 0.0566. The lowest BCUT2D eigenvalue weighted by Crippen LogP contribution is -2.34. The van der Waals surface area contributed by atoms with E-state index in [1.807, 2.05) is 62.6 Å². The Morgan fingerprint density at radius 2 is 1.50 bits per heavy atom. The minimum absolute atomic E-state index is 0.0566. The molecular weight excluding hydrogens is 328 g/mol. The Kier molecular flexibility index (Phi) is 7.48. The number of rotatable bonds is 9. The number of ether oxygens (including phenoxy) is 2. The molecule has 0 spiro atoms. The number of hydrogen-bond donors (Lipinski definition) is 1. The predicted octanol–water partition coefficient (Wildman–Crippen LogP) is 3.06. The molecule has 0 heterocycles. The highest BCUT2D eigenvalue weighted by Gasteiger charge is 2.15. The van der Waals surface area contributed by atoms with Crippen LogP contribution in [-0.2, 0) is 11.2 Å². The van der Waals surface area contributed by atoms with Crippen molar-refractivity contribution in [1.29, 1.82) is 0 Å². The van der Waals surface area contributed by atoms with Gasteiger partial charge in [0, 0.05) is 13.0 Å². The fourth-order valence-corrected chi connectivity index (χ4v) is 2.77. The third-order valence-corrected chi connectivity index (χ3v) is 4.42. The number of hydrogen-bond acceptors (Lipinski definition) is 4. The molecule has 5 nitrogen and oxygen atoms in total. The van der Waals surface area contributed by atoms with Crippen LogP contribution in [0.15, 0.2) is 48.5 Å². The first-order valence-corrected chi connectivity index (χ1v) is 8.73. The quantitative estimate of drug-likeness (QED) is 0.750. The first kappa shape index (κ1) is 19.8. The van der Waals surface area contributed by atoms with Crippen molar-refractivity contribution in [2.45, 2.75) is 18.9 Å². The van der Waals surface area contributed by atoms with E-state index in [1.54, 1.807) is 14.2 Å². The van der Waals surface area contributed by atoms with Gasteiger partial charge in [0.15, 0.2) is 0 Å². The summed E-state index contributed by atoms with van der Waals surface area (Å²) in [6, 6.07) is 15.9. The number of aryl methyl sites for hydroxylation is 1. The van der Waals surface area contributed by atoms with Gasteiger partial charge >= 0.3 is 0 Å². The summed E-state index contributed by atoms with van der Waals surface area (Å²) in [5, 5.41) is 3.05. The van der Waals surface area contributed by atoms with Gasteiger partial charge in [-0.15, -0.1) is 0 Å². The van der Waals surface area contributed by atoms with Gasteiger partial charge in [-0.2, -0.15) is 0 Å². The summed E-state index contributed by atoms with van der Waals surface area (Å²) < 4.78 is 10.4. The first-order chi connectivity index (χ1) is 12.5. The van der Waals surface area contributed by atoms with Gasteiger partial charge in [-0.25, -0.2) is 0 Å². The van der Waals surface area contributed by atoms with Crippen LogP contribution >= 0.6 is 0 Å². The van der Waals surface area contributed by atoms with E-state index in [1.165, 1.54) is 0 Å². The normalized spacial score (nSPS) is 11.9. The van der Waals surface area contributed by atoms with Crippen molar-refractivity contribution < 1.29 is 14.3 Å². The van der Waals surface area contributed by atoms with Gasteiger partial charge in [0.2, 0.25) is 5.91 Å². The first-order valence-electron chi connectivity index (χ1n) is 8.73. The fourth-order valence-electron chi connectivity index (χ4n) is 2.77. The van der Waals surface area contributed by atoms with Gasteiger partial charge in [-0.3, -0.25) is 4.79 Å². The molecule has 5 heteroatoms. The van der Waals surface area contributed by atoms with Gasteiger partial charge < -0.3 is 19.7 Å². The number of carbonyl (C=O) groups excluding carboxylic acids is 1. The number of nitrogens with zero attached hydrogens (tertiary/aromatic N) is 1. The Labute approximate surface area is 155 Å². The second-order valence-electron chi connectivity index (χ2n) is 6.40. The Hall–Kier alpha value is -2.53. The maximum atomic E-state index is 12.2. The molecule has 0 aromatic heterocycles. The molecule has 2 aromatic rings. The molecule has 140 valence electrons. The zero-order chi connectivity index (χ0) is 18.9. The topological polar surface area (TPSA) is 50.8 Å². The van der Waals surface area contributed by atoms with Crippen LogP contribution in [0.2, 0.25) is 0 Å². The Balaban J connectivity index is 1.86. The van der Waals surface area contributed by atoms with Crippen molar-refractivity contribution in [3.8, 4) is 11.5 Å². The van der Waals surface area contributed by atoms with Gasteiger partial charge in [0.1, 0.15) is 11.5 Å². The smallest absolute Gasteiger partial charge is 0.220 e. The second-order valence-corrected chi connectivity index (χ2v) is 6.40. The maximum absolute atomic E-state index is 12.2. The Bertz CT molecular complexity index is 681. The van der Waals surface area contributed by atoms with Gasteiger partial charge in [-0.1, -0.05) is 24.3 Å². The van der Waals surface area contributed by atoms with Crippen molar-refractivity contribution in [1.82, 2.24) is 10.2 Å². The highest BCUT2D eigenvalue weighted by molar-refractivity contribution is 5.76. The van der Waals surface area contributed by atoms with E-state index in [0.717, 1.165) is 22.6 Å². The number of likely N-dealkylation sites (N-methyl/N-ethyl adjacent to an activating group) is 1. The fraction of sp³-hybridized carbons (Fsp3) is 0.381. The summed E-state index contributed by atoms with van der Waals surface area (Å²) in [4.78, 5) is 14.3. The molecule has 2 aromatic carbocycles. The number of amides is 1. The van der Waals surface area contributed by atoms with Gasteiger partial charge in [-0.05, 0) is 55.9 Å². The molecule has 1 N–H and O–H groups in total. The van der Waals surface area contributed by atoms with E-state index in [2.05, 4.69) is 10.2 Å². The minimum Gasteiger partial charge on any atom is -0.497 e. The lowest BCUT2D eigenvalue weighted by atomic mass is 10.1. The van der Waals surface area contributed by atoms with Crippen molar-refractivity contribution in [3.63, 3.8) is 0 Å². The lowest BCUT2D eigenvalue weighted by molar-refractivity contribution is -0.121. The van der Waals surface area contributed by atoms with E-state index >= 15 is 0 Å². The Morgan fingerprint density at radius 1 is 0.962 bits per heavy atom. The van der Waals surface area contributed by atoms with Crippen LogP contribution in [0.3, 0.4) is 0 Å². The van der Waals surface area contributed by atoms with E-state index in [-0.39, 0.29) is 11.9 Å². The summed E-state index contributed by atoms with van der Waals surface area (Å²) in [5.41, 5.74) is 2.27. The average molecular weight is 356 g/mol. The molecule has 1 amide bonds. The molecular formula is C21H28N2O3. The summed E-state index contributed by atoms with van der Waals surface area (Å²) in [6.45, 7) is 0.570.